The summed E-state index contributed by atoms with van der Waals surface area (Å²) in [6.45, 7) is 8.96. The van der Waals surface area contributed by atoms with E-state index >= 15 is 0 Å². The second kappa shape index (κ2) is 6.99. The monoisotopic (exact) mass is 293 g/mol. The predicted molar refractivity (Wildman–Crippen MR) is 75.9 cm³/mol. The molecule has 3 atom stereocenters. The Balaban J connectivity index is 2.73. The van der Waals surface area contributed by atoms with Gasteiger partial charge in [0.05, 0.1) is 12.7 Å². The Morgan fingerprint density at radius 2 is 2.05 bits per heavy atom. The molecule has 0 spiro atoms. The summed E-state index contributed by atoms with van der Waals surface area (Å²) < 4.78 is 34.4. The quantitative estimate of drug-likeness (QED) is 0.738. The summed E-state index contributed by atoms with van der Waals surface area (Å²) in [7, 11) is -3.50. The minimum atomic E-state index is -3.50. The van der Waals surface area contributed by atoms with E-state index in [1.54, 1.807) is 0 Å². The van der Waals surface area contributed by atoms with E-state index in [2.05, 4.69) is 18.6 Å². The molecule has 114 valence electrons. The molecule has 1 saturated heterocycles. The molecule has 1 aliphatic heterocycles. The summed E-state index contributed by atoms with van der Waals surface area (Å²) >= 11 is 0. The van der Waals surface area contributed by atoms with Crippen LogP contribution in [-0.2, 0) is 14.9 Å². The molecule has 0 bridgehead atoms. The van der Waals surface area contributed by atoms with Crippen molar-refractivity contribution in [2.24, 2.45) is 11.7 Å². The van der Waals surface area contributed by atoms with Crippen LogP contribution in [0, 0.1) is 5.92 Å². The Kier molecular flexibility index (Phi) is 6.19. The number of nitrogens with one attached hydrogen (secondary N) is 1. The largest absolute Gasteiger partial charge is 0.375 e. The summed E-state index contributed by atoms with van der Waals surface area (Å²) in [5.41, 5.74) is 5.65. The Labute approximate surface area is 116 Å². The average molecular weight is 293 g/mol. The summed E-state index contributed by atoms with van der Waals surface area (Å²) in [6.07, 6.45) is 0.665. The Morgan fingerprint density at radius 3 is 2.58 bits per heavy atom. The fourth-order valence-electron chi connectivity index (χ4n) is 2.25. The van der Waals surface area contributed by atoms with Gasteiger partial charge in [0.1, 0.15) is 0 Å². The molecule has 0 amide bonds. The van der Waals surface area contributed by atoms with Crippen molar-refractivity contribution >= 4 is 10.2 Å². The summed E-state index contributed by atoms with van der Waals surface area (Å²) in [5, 5.41) is 0. The number of morpholine rings is 1. The van der Waals surface area contributed by atoms with Gasteiger partial charge in [0.25, 0.3) is 10.2 Å². The van der Waals surface area contributed by atoms with Crippen molar-refractivity contribution in [2.45, 2.75) is 52.3 Å². The molecule has 7 heteroatoms. The Bertz CT molecular complexity index is 372. The van der Waals surface area contributed by atoms with Crippen LogP contribution < -0.4 is 10.5 Å². The van der Waals surface area contributed by atoms with E-state index in [1.165, 1.54) is 4.31 Å². The molecule has 1 aliphatic rings. The van der Waals surface area contributed by atoms with Crippen LogP contribution in [0.1, 0.15) is 34.1 Å². The van der Waals surface area contributed by atoms with Crippen LogP contribution in [0.25, 0.3) is 0 Å². The van der Waals surface area contributed by atoms with E-state index in [0.717, 1.165) is 6.42 Å². The highest BCUT2D eigenvalue weighted by Gasteiger charge is 2.34. The third-order valence-electron chi connectivity index (χ3n) is 3.22. The summed E-state index contributed by atoms with van der Waals surface area (Å²) in [4.78, 5) is 0. The average Bonchev–Trinajstić information content (AvgIpc) is 2.30. The molecular weight excluding hydrogens is 266 g/mol. The van der Waals surface area contributed by atoms with Crippen LogP contribution in [0.4, 0.5) is 0 Å². The van der Waals surface area contributed by atoms with Gasteiger partial charge in [-0.1, -0.05) is 13.8 Å². The normalized spacial score (nSPS) is 27.7. The third kappa shape index (κ3) is 5.00. The molecule has 19 heavy (non-hydrogen) atoms. The third-order valence-corrected chi connectivity index (χ3v) is 4.97. The van der Waals surface area contributed by atoms with Crippen LogP contribution in [0.5, 0.6) is 0 Å². The lowest BCUT2D eigenvalue weighted by Crippen LogP contribution is -2.56. The molecule has 3 unspecified atom stereocenters. The smallest absolute Gasteiger partial charge is 0.280 e. The maximum absolute atomic E-state index is 12.4. The maximum Gasteiger partial charge on any atom is 0.280 e. The topological polar surface area (TPSA) is 84.7 Å². The zero-order chi connectivity index (χ0) is 14.6. The van der Waals surface area contributed by atoms with Crippen molar-refractivity contribution in [3.05, 3.63) is 0 Å². The molecule has 0 aliphatic carbocycles. The van der Waals surface area contributed by atoms with E-state index in [-0.39, 0.29) is 18.2 Å². The van der Waals surface area contributed by atoms with Crippen molar-refractivity contribution in [1.29, 1.82) is 0 Å². The second-order valence-corrected chi connectivity index (χ2v) is 7.40. The van der Waals surface area contributed by atoms with Gasteiger partial charge < -0.3 is 10.5 Å². The lowest BCUT2D eigenvalue weighted by molar-refractivity contribution is -0.0176. The predicted octanol–water partition coefficient (Wildman–Crippen LogP) is 0.303. The van der Waals surface area contributed by atoms with E-state index in [0.29, 0.717) is 25.6 Å². The first kappa shape index (κ1) is 16.8. The SMILES string of the molecule is CC(C)CC(CN)NS(=O)(=O)N1CC(C)OCC1C. The molecule has 0 radical (unpaired) electrons. The number of rotatable bonds is 6. The molecular formula is C12H27N3O3S. The Hall–Kier alpha value is -0.210. The molecule has 6 nitrogen and oxygen atoms in total. The zero-order valence-electron chi connectivity index (χ0n) is 12.3. The van der Waals surface area contributed by atoms with Gasteiger partial charge in [0.15, 0.2) is 0 Å². The van der Waals surface area contributed by atoms with Gasteiger partial charge in [-0.2, -0.15) is 17.4 Å². The molecule has 0 aromatic carbocycles. The molecule has 3 N–H and O–H groups in total. The van der Waals surface area contributed by atoms with Gasteiger partial charge in [0.2, 0.25) is 0 Å². The van der Waals surface area contributed by atoms with Gasteiger partial charge in [-0.3, -0.25) is 0 Å². The lowest BCUT2D eigenvalue weighted by atomic mass is 10.1. The first-order valence-electron chi connectivity index (χ1n) is 6.87. The van der Waals surface area contributed by atoms with Crippen LogP contribution in [0.3, 0.4) is 0 Å². The number of hydrogen-bond donors (Lipinski definition) is 2. The molecule has 0 aromatic heterocycles. The van der Waals surface area contributed by atoms with Crippen molar-refractivity contribution in [3.63, 3.8) is 0 Å². The van der Waals surface area contributed by atoms with Gasteiger partial charge in [0, 0.05) is 25.2 Å². The molecule has 0 aromatic rings. The van der Waals surface area contributed by atoms with E-state index in [1.807, 2.05) is 13.8 Å². The van der Waals surface area contributed by atoms with E-state index < -0.39 is 10.2 Å². The van der Waals surface area contributed by atoms with Gasteiger partial charge in [-0.05, 0) is 26.2 Å². The standard InChI is InChI=1S/C12H27N3O3S/c1-9(2)5-12(6-13)14-19(16,17)15-7-11(4)18-8-10(15)3/h9-12,14H,5-8,13H2,1-4H3. The molecule has 1 heterocycles. The maximum atomic E-state index is 12.4. The summed E-state index contributed by atoms with van der Waals surface area (Å²) in [6, 6.07) is -0.360. The number of nitrogens with two attached hydrogens (primary N) is 1. The number of ether oxygens (including phenoxy) is 1. The minimum Gasteiger partial charge on any atom is -0.375 e. The number of hydrogen-bond acceptors (Lipinski definition) is 4. The minimum absolute atomic E-state index is 0.0748. The van der Waals surface area contributed by atoms with Crippen molar-refractivity contribution < 1.29 is 13.2 Å². The summed E-state index contributed by atoms with van der Waals surface area (Å²) in [5.74, 6) is 0.400. The molecule has 0 saturated carbocycles. The lowest BCUT2D eigenvalue weighted by Gasteiger charge is -2.36. The fourth-order valence-corrected chi connectivity index (χ4v) is 3.94. The van der Waals surface area contributed by atoms with Crippen molar-refractivity contribution in [2.75, 3.05) is 19.7 Å². The van der Waals surface area contributed by atoms with E-state index in [9.17, 15) is 8.42 Å². The zero-order valence-corrected chi connectivity index (χ0v) is 13.1. The van der Waals surface area contributed by atoms with E-state index in [4.69, 9.17) is 10.5 Å². The highest BCUT2D eigenvalue weighted by molar-refractivity contribution is 7.87. The van der Waals surface area contributed by atoms with Gasteiger partial charge in [-0.15, -0.1) is 0 Å². The molecule has 1 fully saturated rings. The van der Waals surface area contributed by atoms with Crippen molar-refractivity contribution in [1.82, 2.24) is 9.03 Å². The number of nitrogens with zero attached hydrogens (tertiary/aromatic N) is 1. The Morgan fingerprint density at radius 1 is 1.42 bits per heavy atom. The first-order chi connectivity index (χ1) is 8.76. The van der Waals surface area contributed by atoms with Gasteiger partial charge >= 0.3 is 0 Å². The first-order valence-corrected chi connectivity index (χ1v) is 8.31. The fraction of sp³-hybridized carbons (Fsp3) is 1.00. The highest BCUT2D eigenvalue weighted by Crippen LogP contribution is 2.16. The van der Waals surface area contributed by atoms with Crippen molar-refractivity contribution in [3.8, 4) is 0 Å². The van der Waals surface area contributed by atoms with Crippen LogP contribution in [-0.4, -0.2) is 50.6 Å². The van der Waals surface area contributed by atoms with Crippen LogP contribution in [0.15, 0.2) is 0 Å². The molecule has 1 rings (SSSR count). The van der Waals surface area contributed by atoms with Gasteiger partial charge in [-0.25, -0.2) is 0 Å². The second-order valence-electron chi connectivity index (χ2n) is 5.75. The van der Waals surface area contributed by atoms with Crippen LogP contribution in [0.2, 0.25) is 0 Å². The van der Waals surface area contributed by atoms with Crippen LogP contribution >= 0.6 is 0 Å². The highest BCUT2D eigenvalue weighted by atomic mass is 32.2.